The summed E-state index contributed by atoms with van der Waals surface area (Å²) in [7, 11) is -3.43. The summed E-state index contributed by atoms with van der Waals surface area (Å²) in [5.41, 5.74) is 0. The second-order valence-corrected chi connectivity index (χ2v) is 6.98. The van der Waals surface area contributed by atoms with Crippen LogP contribution in [0.5, 0.6) is 0 Å². The maximum absolute atomic E-state index is 12.1. The van der Waals surface area contributed by atoms with E-state index in [1.807, 2.05) is 6.92 Å². The largest absolute Gasteiger partial charge is 0.349 e. The van der Waals surface area contributed by atoms with Gasteiger partial charge < -0.3 is 10.3 Å². The highest BCUT2D eigenvalue weighted by Crippen LogP contribution is 2.18. The molecule has 0 aromatic carbocycles. The second-order valence-electron chi connectivity index (χ2n) is 4.21. The molecule has 20 heavy (non-hydrogen) atoms. The van der Waals surface area contributed by atoms with Crippen LogP contribution in [0.25, 0.3) is 0 Å². The van der Waals surface area contributed by atoms with Crippen molar-refractivity contribution in [3.05, 3.63) is 34.5 Å². The van der Waals surface area contributed by atoms with Gasteiger partial charge in [-0.25, -0.2) is 18.1 Å². The molecule has 2 heterocycles. The number of sulfonamides is 1. The van der Waals surface area contributed by atoms with Crippen molar-refractivity contribution in [2.45, 2.75) is 24.8 Å². The summed E-state index contributed by atoms with van der Waals surface area (Å²) in [5, 5.41) is 4.84. The van der Waals surface area contributed by atoms with Gasteiger partial charge in [-0.3, -0.25) is 0 Å². The number of hydrogen-bond donors (Lipinski definition) is 3. The lowest BCUT2D eigenvalue weighted by Crippen LogP contribution is -2.25. The van der Waals surface area contributed by atoms with E-state index in [-0.39, 0.29) is 0 Å². The molecule has 0 aliphatic carbocycles. The van der Waals surface area contributed by atoms with Gasteiger partial charge >= 0.3 is 0 Å². The van der Waals surface area contributed by atoms with Gasteiger partial charge in [-0.2, -0.15) is 0 Å². The number of rotatable bonds is 8. The van der Waals surface area contributed by atoms with Crippen LogP contribution in [0, 0.1) is 0 Å². The molecule has 0 saturated carbocycles. The zero-order chi connectivity index (χ0) is 14.4. The second kappa shape index (κ2) is 6.98. The molecule has 0 aliphatic rings. The SMILES string of the molecule is CCNCc1cc(S(=O)(=O)NCCc2ncc[nH]2)cs1. The Kier molecular flexibility index (Phi) is 5.30. The summed E-state index contributed by atoms with van der Waals surface area (Å²) in [6.07, 6.45) is 3.91. The van der Waals surface area contributed by atoms with Crippen molar-refractivity contribution in [1.82, 2.24) is 20.0 Å². The van der Waals surface area contributed by atoms with Crippen LogP contribution < -0.4 is 10.0 Å². The lowest BCUT2D eigenvalue weighted by Gasteiger charge is -2.03. The zero-order valence-corrected chi connectivity index (χ0v) is 12.9. The molecule has 0 saturated heterocycles. The van der Waals surface area contributed by atoms with Crippen molar-refractivity contribution in [2.24, 2.45) is 0 Å². The molecule has 0 aliphatic heterocycles. The first-order valence-electron chi connectivity index (χ1n) is 6.38. The molecule has 8 heteroatoms. The summed E-state index contributed by atoms with van der Waals surface area (Å²) in [5.74, 6) is 0.769. The Balaban J connectivity index is 1.90. The van der Waals surface area contributed by atoms with Crippen molar-refractivity contribution < 1.29 is 8.42 Å². The molecule has 0 unspecified atom stereocenters. The molecule has 3 N–H and O–H groups in total. The van der Waals surface area contributed by atoms with Crippen LogP contribution in [0.3, 0.4) is 0 Å². The molecule has 110 valence electrons. The minimum atomic E-state index is -3.43. The highest BCUT2D eigenvalue weighted by atomic mass is 32.2. The Morgan fingerprint density at radius 2 is 2.30 bits per heavy atom. The number of aromatic nitrogens is 2. The minimum absolute atomic E-state index is 0.328. The fourth-order valence-electron chi connectivity index (χ4n) is 1.66. The molecular weight excluding hydrogens is 296 g/mol. The smallest absolute Gasteiger partial charge is 0.241 e. The van der Waals surface area contributed by atoms with Crippen LogP contribution in [-0.4, -0.2) is 31.5 Å². The molecule has 0 atom stereocenters. The Morgan fingerprint density at radius 1 is 1.45 bits per heavy atom. The van der Waals surface area contributed by atoms with Crippen molar-refractivity contribution in [1.29, 1.82) is 0 Å². The highest BCUT2D eigenvalue weighted by molar-refractivity contribution is 7.89. The molecule has 2 rings (SSSR count). The van der Waals surface area contributed by atoms with E-state index < -0.39 is 10.0 Å². The molecular formula is C12H18N4O2S2. The highest BCUT2D eigenvalue weighted by Gasteiger charge is 2.15. The normalized spacial score (nSPS) is 11.8. The summed E-state index contributed by atoms with van der Waals surface area (Å²) in [6, 6.07) is 1.71. The molecule has 0 fully saturated rings. The quantitative estimate of drug-likeness (QED) is 0.681. The van der Waals surface area contributed by atoms with E-state index >= 15 is 0 Å². The number of H-pyrrole nitrogens is 1. The number of imidazole rings is 1. The van der Waals surface area contributed by atoms with Crippen molar-refractivity contribution in [2.75, 3.05) is 13.1 Å². The number of hydrogen-bond acceptors (Lipinski definition) is 5. The van der Waals surface area contributed by atoms with Crippen molar-refractivity contribution >= 4 is 21.4 Å². The number of thiophene rings is 1. The summed E-state index contributed by atoms with van der Waals surface area (Å²) in [6.45, 7) is 3.90. The monoisotopic (exact) mass is 314 g/mol. The van der Waals surface area contributed by atoms with E-state index in [1.54, 1.807) is 23.8 Å². The molecule has 0 bridgehead atoms. The average molecular weight is 314 g/mol. The van der Waals surface area contributed by atoms with Crippen LogP contribution in [-0.2, 0) is 23.0 Å². The average Bonchev–Trinajstić information content (AvgIpc) is 3.07. The standard InChI is InChI=1S/C12H18N4O2S2/c1-2-13-8-10-7-11(9-19-10)20(17,18)16-4-3-12-14-5-6-15-12/h5-7,9,13,16H,2-4,8H2,1H3,(H,14,15). The van der Waals surface area contributed by atoms with E-state index in [2.05, 4.69) is 20.0 Å². The van der Waals surface area contributed by atoms with Crippen LogP contribution in [0.1, 0.15) is 17.6 Å². The van der Waals surface area contributed by atoms with Gasteiger partial charge in [0, 0.05) is 42.2 Å². The first-order valence-corrected chi connectivity index (χ1v) is 8.74. The molecule has 0 spiro atoms. The minimum Gasteiger partial charge on any atom is -0.349 e. The first kappa shape index (κ1) is 15.2. The molecule has 2 aromatic rings. The van der Waals surface area contributed by atoms with Gasteiger partial charge in [0.05, 0.1) is 4.90 Å². The molecule has 6 nitrogen and oxygen atoms in total. The Morgan fingerprint density at radius 3 is 3.00 bits per heavy atom. The lowest BCUT2D eigenvalue weighted by atomic mass is 10.4. The lowest BCUT2D eigenvalue weighted by molar-refractivity contribution is 0.581. The fourth-order valence-corrected chi connectivity index (χ4v) is 3.94. The van der Waals surface area contributed by atoms with Gasteiger partial charge in [-0.1, -0.05) is 6.92 Å². The van der Waals surface area contributed by atoms with E-state index in [0.717, 1.165) is 17.2 Å². The summed E-state index contributed by atoms with van der Waals surface area (Å²) >= 11 is 1.45. The Bertz CT molecular complexity index is 620. The first-order chi connectivity index (χ1) is 9.62. The van der Waals surface area contributed by atoms with Crippen molar-refractivity contribution in [3.8, 4) is 0 Å². The third-order valence-electron chi connectivity index (χ3n) is 2.70. The van der Waals surface area contributed by atoms with Gasteiger partial charge in [0.2, 0.25) is 10.0 Å². The van der Waals surface area contributed by atoms with Gasteiger partial charge in [0.15, 0.2) is 0 Å². The van der Waals surface area contributed by atoms with E-state index in [1.165, 1.54) is 11.3 Å². The maximum atomic E-state index is 12.1. The summed E-state index contributed by atoms with van der Waals surface area (Å²) in [4.78, 5) is 8.33. The Hall–Kier alpha value is -1.22. The van der Waals surface area contributed by atoms with Crippen LogP contribution in [0.2, 0.25) is 0 Å². The van der Waals surface area contributed by atoms with Gasteiger partial charge in [-0.15, -0.1) is 11.3 Å². The summed E-state index contributed by atoms with van der Waals surface area (Å²) < 4.78 is 26.8. The van der Waals surface area contributed by atoms with Crippen molar-refractivity contribution in [3.63, 3.8) is 0 Å². The fraction of sp³-hybridized carbons (Fsp3) is 0.417. The molecule has 2 aromatic heterocycles. The van der Waals surface area contributed by atoms with E-state index in [4.69, 9.17) is 0 Å². The number of nitrogens with zero attached hydrogens (tertiary/aromatic N) is 1. The molecule has 0 amide bonds. The maximum Gasteiger partial charge on any atom is 0.241 e. The van der Waals surface area contributed by atoms with Gasteiger partial charge in [-0.05, 0) is 12.6 Å². The van der Waals surface area contributed by atoms with Crippen LogP contribution in [0.4, 0.5) is 0 Å². The third kappa shape index (κ3) is 4.14. The van der Waals surface area contributed by atoms with Crippen LogP contribution >= 0.6 is 11.3 Å². The topological polar surface area (TPSA) is 86.9 Å². The van der Waals surface area contributed by atoms with Gasteiger partial charge in [0.1, 0.15) is 5.82 Å². The van der Waals surface area contributed by atoms with E-state index in [0.29, 0.717) is 24.4 Å². The number of aromatic amines is 1. The predicted molar refractivity (Wildman–Crippen MR) is 79.2 cm³/mol. The molecule has 0 radical (unpaired) electrons. The zero-order valence-electron chi connectivity index (χ0n) is 11.2. The van der Waals surface area contributed by atoms with E-state index in [9.17, 15) is 8.42 Å². The van der Waals surface area contributed by atoms with Gasteiger partial charge in [0.25, 0.3) is 0 Å². The third-order valence-corrected chi connectivity index (χ3v) is 5.22. The van der Waals surface area contributed by atoms with Crippen LogP contribution in [0.15, 0.2) is 28.7 Å². The predicted octanol–water partition coefficient (Wildman–Crippen LogP) is 1.10. The Labute approximate surface area is 122 Å². The number of nitrogens with one attached hydrogen (secondary N) is 3.